The third-order valence-corrected chi connectivity index (χ3v) is 6.31. The summed E-state index contributed by atoms with van der Waals surface area (Å²) in [4.78, 5) is 17.5. The Morgan fingerprint density at radius 3 is 2.46 bits per heavy atom. The molecule has 0 saturated heterocycles. The molecular weight excluding hydrogens is 340 g/mol. The third-order valence-electron chi connectivity index (χ3n) is 5.15. The summed E-state index contributed by atoms with van der Waals surface area (Å²) in [6.07, 6.45) is 2.11. The molecule has 4 rings (SSSR count). The molecule has 1 heterocycles. The smallest absolute Gasteiger partial charge is 0.227 e. The zero-order chi connectivity index (χ0) is 17.1. The maximum atomic E-state index is 12.6. The molecule has 0 spiro atoms. The van der Waals surface area contributed by atoms with Crippen molar-refractivity contribution in [3.05, 3.63) is 50.9 Å². The largest absolute Gasteiger partial charge is 0.342 e. The molecule has 1 atom stereocenters. The highest BCUT2D eigenvalue weighted by Gasteiger charge is 2.74. The Hall–Kier alpha value is -1.39. The minimum atomic E-state index is -0.202. The number of amides is 1. The predicted octanol–water partition coefficient (Wildman–Crippen LogP) is 4.71. The molecule has 24 heavy (non-hydrogen) atoms. The average molecular weight is 361 g/mol. The Kier molecular flexibility index (Phi) is 3.56. The summed E-state index contributed by atoms with van der Waals surface area (Å²) in [5.41, 5.74) is 2.04. The first-order valence-electron chi connectivity index (χ1n) is 8.32. The van der Waals surface area contributed by atoms with Crippen molar-refractivity contribution in [2.24, 2.45) is 11.3 Å². The number of carbonyl (C=O) groups excluding carboxylic acids is 1. The number of nitrogens with zero attached hydrogens (tertiary/aromatic N) is 1. The molecule has 2 aromatic rings. The highest BCUT2D eigenvalue weighted by atomic mass is 35.5. The monoisotopic (exact) mass is 360 g/mol. The van der Waals surface area contributed by atoms with Crippen molar-refractivity contribution in [3.8, 4) is 0 Å². The molecule has 2 aliphatic carbocycles. The summed E-state index contributed by atoms with van der Waals surface area (Å²) in [5, 5.41) is 6.97. The van der Waals surface area contributed by atoms with Crippen molar-refractivity contribution in [1.29, 1.82) is 0 Å². The minimum absolute atomic E-state index is 0.0000722. The molecular formula is C19H21ClN2OS. The van der Waals surface area contributed by atoms with Crippen molar-refractivity contribution in [2.45, 2.75) is 45.1 Å². The number of aromatic nitrogens is 1. The number of rotatable bonds is 4. The van der Waals surface area contributed by atoms with Gasteiger partial charge < -0.3 is 5.32 Å². The van der Waals surface area contributed by atoms with Crippen molar-refractivity contribution >= 4 is 28.8 Å². The summed E-state index contributed by atoms with van der Waals surface area (Å²) in [6, 6.07) is 7.47. The quantitative estimate of drug-likeness (QED) is 0.857. The predicted molar refractivity (Wildman–Crippen MR) is 97.4 cm³/mol. The molecule has 2 aliphatic rings. The van der Waals surface area contributed by atoms with Crippen LogP contribution in [0.5, 0.6) is 0 Å². The molecule has 5 heteroatoms. The van der Waals surface area contributed by atoms with E-state index in [0.717, 1.165) is 29.1 Å². The summed E-state index contributed by atoms with van der Waals surface area (Å²) in [6.45, 7) is 6.46. The van der Waals surface area contributed by atoms with Crippen LogP contribution >= 0.6 is 22.9 Å². The summed E-state index contributed by atoms with van der Waals surface area (Å²) >= 11 is 7.63. The van der Waals surface area contributed by atoms with Gasteiger partial charge in [-0.2, -0.15) is 0 Å². The highest BCUT2D eigenvalue weighted by molar-refractivity contribution is 7.09. The van der Waals surface area contributed by atoms with Crippen LogP contribution in [0.3, 0.4) is 0 Å². The van der Waals surface area contributed by atoms with Crippen LogP contribution in [-0.4, -0.2) is 10.9 Å². The second-order valence-corrected chi connectivity index (χ2v) is 9.37. The number of hydrogen-bond acceptors (Lipinski definition) is 3. The fraction of sp³-hybridized carbons (Fsp3) is 0.474. The molecule has 0 bridgehead atoms. The fourth-order valence-corrected chi connectivity index (χ4v) is 4.30. The Morgan fingerprint density at radius 1 is 1.33 bits per heavy atom. The van der Waals surface area contributed by atoms with Gasteiger partial charge in [0, 0.05) is 15.8 Å². The highest BCUT2D eigenvalue weighted by Crippen LogP contribution is 2.75. The minimum Gasteiger partial charge on any atom is -0.342 e. The number of carbonyl (C=O) groups is 1. The zero-order valence-corrected chi connectivity index (χ0v) is 15.7. The van der Waals surface area contributed by atoms with E-state index in [9.17, 15) is 4.79 Å². The molecule has 3 nitrogen and oxygen atoms in total. The molecule has 1 aromatic heterocycles. The van der Waals surface area contributed by atoms with Crippen LogP contribution in [0.4, 0.5) is 0 Å². The molecule has 2 saturated carbocycles. The van der Waals surface area contributed by atoms with Gasteiger partial charge in [0.1, 0.15) is 11.0 Å². The van der Waals surface area contributed by atoms with E-state index >= 15 is 0 Å². The van der Waals surface area contributed by atoms with Crippen LogP contribution in [0, 0.1) is 11.3 Å². The first kappa shape index (κ1) is 16.1. The van der Waals surface area contributed by atoms with E-state index in [1.54, 1.807) is 11.3 Å². The van der Waals surface area contributed by atoms with Crippen LogP contribution in [-0.2, 0) is 10.2 Å². The van der Waals surface area contributed by atoms with Gasteiger partial charge in [-0.1, -0.05) is 44.5 Å². The maximum Gasteiger partial charge on any atom is 0.227 e. The number of hydrogen-bond donors (Lipinski definition) is 1. The van der Waals surface area contributed by atoms with E-state index in [1.165, 1.54) is 0 Å². The van der Waals surface area contributed by atoms with Gasteiger partial charge in [0.15, 0.2) is 0 Å². The summed E-state index contributed by atoms with van der Waals surface area (Å²) in [5.74, 6) is 0.810. The van der Waals surface area contributed by atoms with E-state index < -0.39 is 0 Å². The molecule has 126 valence electrons. The van der Waals surface area contributed by atoms with E-state index in [1.807, 2.05) is 24.3 Å². The second kappa shape index (κ2) is 5.30. The van der Waals surface area contributed by atoms with Crippen LogP contribution in [0.15, 0.2) is 29.6 Å². The van der Waals surface area contributed by atoms with Crippen molar-refractivity contribution in [1.82, 2.24) is 10.3 Å². The van der Waals surface area contributed by atoms with Gasteiger partial charge in [0.05, 0.1) is 11.1 Å². The van der Waals surface area contributed by atoms with Gasteiger partial charge in [-0.3, -0.25) is 4.79 Å². The van der Waals surface area contributed by atoms with Gasteiger partial charge in [-0.05, 0) is 36.5 Å². The van der Waals surface area contributed by atoms with Crippen LogP contribution in [0.25, 0.3) is 0 Å². The molecule has 0 radical (unpaired) electrons. The number of fused-ring (bicyclic) bond motifs is 1. The Morgan fingerprint density at radius 2 is 1.96 bits per heavy atom. The van der Waals surface area contributed by atoms with Gasteiger partial charge in [-0.25, -0.2) is 4.98 Å². The molecule has 1 aromatic carbocycles. The Labute approximate surface area is 151 Å². The summed E-state index contributed by atoms with van der Waals surface area (Å²) in [7, 11) is 0. The lowest BCUT2D eigenvalue weighted by molar-refractivity contribution is -0.124. The van der Waals surface area contributed by atoms with E-state index in [0.29, 0.717) is 10.9 Å². The van der Waals surface area contributed by atoms with Crippen molar-refractivity contribution in [2.75, 3.05) is 0 Å². The maximum absolute atomic E-state index is 12.6. The zero-order valence-electron chi connectivity index (χ0n) is 14.1. The lowest BCUT2D eigenvalue weighted by Gasteiger charge is -2.19. The molecule has 0 aliphatic heterocycles. The normalized spacial score (nSPS) is 25.8. The number of benzene rings is 1. The SMILES string of the molecule is CC(C)(C)c1csc(C(NC(=O)C23CC2C3)c2ccc(Cl)cc2)n1. The molecule has 1 unspecified atom stereocenters. The number of thiazole rings is 1. The fourth-order valence-electron chi connectivity index (χ4n) is 3.05. The van der Waals surface area contributed by atoms with E-state index in [4.69, 9.17) is 16.6 Å². The van der Waals surface area contributed by atoms with Crippen LogP contribution < -0.4 is 5.32 Å². The number of nitrogens with one attached hydrogen (secondary N) is 1. The summed E-state index contributed by atoms with van der Waals surface area (Å²) < 4.78 is 0. The Balaban J connectivity index is 1.65. The van der Waals surface area contributed by atoms with Gasteiger partial charge in [0.2, 0.25) is 5.91 Å². The lowest BCUT2D eigenvalue weighted by Crippen LogP contribution is -2.32. The molecule has 1 N–H and O–H groups in total. The van der Waals surface area contributed by atoms with Crippen LogP contribution in [0.2, 0.25) is 5.02 Å². The standard InChI is InChI=1S/C19H21ClN2OS/c1-18(2,3)14-10-24-16(21-14)15(11-4-6-13(20)7-5-11)22-17(23)19-8-12(19)9-19/h4-7,10,12,15H,8-9H2,1-3H3,(H,22,23). The Bertz CT molecular complexity index is 784. The van der Waals surface area contributed by atoms with E-state index in [2.05, 4.69) is 31.5 Å². The average Bonchev–Trinajstić information content (AvgIpc) is 3.31. The van der Waals surface area contributed by atoms with Gasteiger partial charge in [0.25, 0.3) is 0 Å². The first-order valence-corrected chi connectivity index (χ1v) is 9.58. The second-order valence-electron chi connectivity index (χ2n) is 8.04. The van der Waals surface area contributed by atoms with Crippen molar-refractivity contribution in [3.63, 3.8) is 0 Å². The lowest BCUT2D eigenvalue weighted by atomic mass is 9.93. The van der Waals surface area contributed by atoms with Crippen LogP contribution in [0.1, 0.15) is 55.9 Å². The third kappa shape index (κ3) is 2.76. The van der Waals surface area contributed by atoms with Crippen molar-refractivity contribution < 1.29 is 4.79 Å². The molecule has 1 amide bonds. The number of halogens is 1. The van der Waals surface area contributed by atoms with E-state index in [-0.39, 0.29) is 22.8 Å². The first-order chi connectivity index (χ1) is 11.3. The topological polar surface area (TPSA) is 42.0 Å². The van der Waals surface area contributed by atoms with Gasteiger partial charge >= 0.3 is 0 Å². The van der Waals surface area contributed by atoms with Gasteiger partial charge in [-0.15, -0.1) is 11.3 Å². The molecule has 2 fully saturated rings.